The summed E-state index contributed by atoms with van der Waals surface area (Å²) in [4.78, 5) is 67.7. The molecule has 7 aromatic rings. The highest BCUT2D eigenvalue weighted by molar-refractivity contribution is 7.22. The van der Waals surface area contributed by atoms with Crippen molar-refractivity contribution in [1.29, 1.82) is 0 Å². The number of carboxylic acids is 1. The van der Waals surface area contributed by atoms with Crippen molar-refractivity contribution in [2.24, 2.45) is 13.0 Å². The van der Waals surface area contributed by atoms with Gasteiger partial charge in [0.1, 0.15) is 11.6 Å². The Morgan fingerprint density at radius 1 is 0.851 bits per heavy atom. The summed E-state index contributed by atoms with van der Waals surface area (Å²) < 4.78 is 9.61. The summed E-state index contributed by atoms with van der Waals surface area (Å²) in [6, 6.07) is 29.9. The van der Waals surface area contributed by atoms with Crippen LogP contribution in [0.2, 0.25) is 0 Å². The van der Waals surface area contributed by atoms with Gasteiger partial charge in [-0.05, 0) is 136 Å². The molecule has 6 heterocycles. The number of aromatic carboxylic acids is 1. The molecule has 0 unspecified atom stereocenters. The predicted molar refractivity (Wildman–Crippen MR) is 289 cm³/mol. The largest absolute Gasteiger partial charge is 0.490 e. The second kappa shape index (κ2) is 21.0. The zero-order chi connectivity index (χ0) is 51.0. The summed E-state index contributed by atoms with van der Waals surface area (Å²) in [6.07, 6.45) is 9.46. The number of para-hydroxylation sites is 2. The highest BCUT2D eigenvalue weighted by atomic mass is 32.1. The van der Waals surface area contributed by atoms with Crippen LogP contribution < -0.4 is 25.2 Å². The number of benzene rings is 4. The van der Waals surface area contributed by atoms with Gasteiger partial charge in [-0.15, -0.1) is 0 Å². The smallest absolute Gasteiger partial charge is 0.355 e. The molecule has 3 aliphatic heterocycles. The topological polar surface area (TPSA) is 175 Å². The summed E-state index contributed by atoms with van der Waals surface area (Å²) in [6.45, 7) is 9.29. The minimum Gasteiger partial charge on any atom is -0.490 e. The number of nitrogens with one attached hydrogen (secondary N) is 2. The molecule has 0 spiro atoms. The molecule has 3 amide bonds. The van der Waals surface area contributed by atoms with Crippen LogP contribution in [0, 0.1) is 12.8 Å². The number of ether oxygens (including phenoxy) is 1. The van der Waals surface area contributed by atoms with Gasteiger partial charge < -0.3 is 19.6 Å². The fourth-order valence-electron chi connectivity index (χ4n) is 11.9. The molecule has 74 heavy (non-hydrogen) atoms. The SMILES string of the molecule is Cc1c(OC2CCC(CCCCN3CCN(c4cccc5c([C@H]6CCC(=O)NC6=O)nn(C)c45)C[C@H]3C)CC2)cccc1-c1ccc(N2CCc3cccc(C(=O)Nc4nc5ccccc5s4)c3C2)nc1C(=O)O. The Hall–Kier alpha value is -7.17. The van der Waals surface area contributed by atoms with Gasteiger partial charge in [0.2, 0.25) is 11.8 Å². The molecule has 0 bridgehead atoms. The summed E-state index contributed by atoms with van der Waals surface area (Å²) in [5.74, 6) is -0.212. The Balaban J connectivity index is 0.663. The molecule has 2 atom stereocenters. The van der Waals surface area contributed by atoms with Crippen molar-refractivity contribution in [3.8, 4) is 16.9 Å². The van der Waals surface area contributed by atoms with E-state index in [0.717, 1.165) is 112 Å². The third kappa shape index (κ3) is 9.96. The van der Waals surface area contributed by atoms with E-state index in [1.165, 1.54) is 30.6 Å². The van der Waals surface area contributed by atoms with Gasteiger partial charge >= 0.3 is 5.97 Å². The minimum atomic E-state index is -1.10. The van der Waals surface area contributed by atoms with Crippen LogP contribution in [0.1, 0.15) is 114 Å². The molecule has 4 aliphatic rings. The molecule has 4 aromatic carbocycles. The first-order valence-corrected chi connectivity index (χ1v) is 27.1. The predicted octanol–water partition coefficient (Wildman–Crippen LogP) is 9.91. The highest BCUT2D eigenvalue weighted by Crippen LogP contribution is 2.39. The number of aryl methyl sites for hydroxylation is 1. The number of unbranched alkanes of at least 4 members (excludes halogenated alkanes) is 1. The van der Waals surface area contributed by atoms with E-state index in [1.54, 1.807) is 0 Å². The quantitative estimate of drug-likeness (QED) is 0.0696. The fraction of sp³-hybridized carbons (Fsp3) is 0.397. The van der Waals surface area contributed by atoms with Gasteiger partial charge in [0.25, 0.3) is 5.91 Å². The van der Waals surface area contributed by atoms with Gasteiger partial charge in [-0.2, -0.15) is 5.10 Å². The number of piperazine rings is 1. The Bertz CT molecular complexity index is 3250. The molecular formula is C58H63N9O6S. The Kier molecular flexibility index (Phi) is 13.9. The number of aromatic nitrogens is 4. The molecular weight excluding hydrogens is 951 g/mol. The van der Waals surface area contributed by atoms with Crippen LogP contribution in [0.15, 0.2) is 91.0 Å². The zero-order valence-electron chi connectivity index (χ0n) is 42.3. The number of hydrogen-bond donors (Lipinski definition) is 3. The molecule has 382 valence electrons. The van der Waals surface area contributed by atoms with Gasteiger partial charge in [0, 0.05) is 68.7 Å². The van der Waals surface area contributed by atoms with E-state index in [9.17, 15) is 24.3 Å². The number of imide groups is 1. The minimum absolute atomic E-state index is 0.0188. The number of thiazole rings is 1. The maximum atomic E-state index is 13.7. The van der Waals surface area contributed by atoms with Crippen LogP contribution >= 0.6 is 11.3 Å². The van der Waals surface area contributed by atoms with Crippen LogP contribution in [-0.2, 0) is 29.6 Å². The number of rotatable bonds is 14. The van der Waals surface area contributed by atoms with Crippen molar-refractivity contribution in [3.05, 3.63) is 125 Å². The van der Waals surface area contributed by atoms with Crippen molar-refractivity contribution in [2.75, 3.05) is 47.8 Å². The van der Waals surface area contributed by atoms with Gasteiger partial charge in [-0.1, -0.05) is 72.7 Å². The molecule has 0 radical (unpaired) electrons. The van der Waals surface area contributed by atoms with Crippen LogP contribution in [-0.4, -0.2) is 98.3 Å². The number of carboxylic acid groups (broad SMARTS) is 1. The molecule has 11 rings (SSSR count). The first-order valence-electron chi connectivity index (χ1n) is 26.3. The second-order valence-corrected chi connectivity index (χ2v) is 21.7. The summed E-state index contributed by atoms with van der Waals surface area (Å²) in [5.41, 5.74) is 8.52. The van der Waals surface area contributed by atoms with Gasteiger partial charge in [0.15, 0.2) is 10.8 Å². The fourth-order valence-corrected chi connectivity index (χ4v) is 12.8. The molecule has 2 saturated heterocycles. The molecule has 3 fully saturated rings. The second-order valence-electron chi connectivity index (χ2n) is 20.6. The number of piperidine rings is 1. The number of nitrogens with zero attached hydrogens (tertiary/aromatic N) is 7. The van der Waals surface area contributed by atoms with E-state index in [2.05, 4.69) is 55.4 Å². The van der Waals surface area contributed by atoms with Crippen molar-refractivity contribution in [2.45, 2.75) is 103 Å². The van der Waals surface area contributed by atoms with Crippen molar-refractivity contribution in [3.63, 3.8) is 0 Å². The number of carbonyl (C=O) groups excluding carboxylic acids is 3. The number of hydrogen-bond acceptors (Lipinski definition) is 12. The van der Waals surface area contributed by atoms with E-state index >= 15 is 0 Å². The van der Waals surface area contributed by atoms with E-state index in [1.807, 2.05) is 91.4 Å². The van der Waals surface area contributed by atoms with Crippen LogP contribution in [0.5, 0.6) is 5.75 Å². The molecule has 3 N–H and O–H groups in total. The average Bonchev–Trinajstić information content (AvgIpc) is 3.98. The summed E-state index contributed by atoms with van der Waals surface area (Å²) in [5, 5.41) is 22.4. The number of fused-ring (bicyclic) bond motifs is 3. The van der Waals surface area contributed by atoms with Gasteiger partial charge in [0.05, 0.1) is 39.1 Å². The van der Waals surface area contributed by atoms with Gasteiger partial charge in [-0.3, -0.25) is 34.6 Å². The number of pyridine rings is 1. The number of anilines is 3. The molecule has 1 aliphatic carbocycles. The first kappa shape index (κ1) is 49.1. The lowest BCUT2D eigenvalue weighted by Gasteiger charge is -2.41. The maximum Gasteiger partial charge on any atom is 0.355 e. The Labute approximate surface area is 434 Å². The summed E-state index contributed by atoms with van der Waals surface area (Å²) >= 11 is 1.44. The maximum absolute atomic E-state index is 13.7. The van der Waals surface area contributed by atoms with Crippen molar-refractivity contribution in [1.82, 2.24) is 30.0 Å². The third-order valence-corrected chi connectivity index (χ3v) is 16.9. The van der Waals surface area contributed by atoms with Gasteiger partial charge in [-0.25, -0.2) is 14.8 Å². The summed E-state index contributed by atoms with van der Waals surface area (Å²) in [7, 11) is 1.95. The number of carbonyl (C=O) groups is 4. The van der Waals surface area contributed by atoms with Crippen LogP contribution in [0.4, 0.5) is 16.6 Å². The molecule has 16 heteroatoms. The lowest BCUT2D eigenvalue weighted by Crippen LogP contribution is -2.52. The Morgan fingerprint density at radius 3 is 2.49 bits per heavy atom. The van der Waals surface area contributed by atoms with Crippen LogP contribution in [0.25, 0.3) is 32.2 Å². The average molecular weight is 1010 g/mol. The lowest BCUT2D eigenvalue weighted by molar-refractivity contribution is -0.134. The van der Waals surface area contributed by atoms with E-state index in [-0.39, 0.29) is 29.5 Å². The standard InChI is InChI=1S/C58H63N9O6S/c1-35-33-66(47-17-9-15-43-52(63-64(3)54(43)47)44-25-27-51(68)61-56(44)70)32-31-65(35)29-7-6-11-37-20-22-39(23-21-37)73-48-18-10-13-40(36(48)2)41-24-26-50(60-53(41)57(71)72)67-30-28-38-12-8-14-42(45(38)34-67)55(69)62-58-59-46-16-4-5-19-49(46)74-58/h4-5,8-10,12-19,24,26,35,37,39,44H,6-7,11,20-23,25,27-34H2,1-3H3,(H,71,72)(H,59,62,69)(H,61,68,70)/t35-,37?,39?,44-/m1/s1. The normalized spacial score (nSPS) is 20.4. The lowest BCUT2D eigenvalue weighted by atomic mass is 9.84. The zero-order valence-corrected chi connectivity index (χ0v) is 43.1. The number of amides is 3. The molecule has 1 saturated carbocycles. The molecule has 15 nitrogen and oxygen atoms in total. The van der Waals surface area contributed by atoms with Crippen molar-refractivity contribution < 1.29 is 29.0 Å². The Morgan fingerprint density at radius 2 is 1.68 bits per heavy atom. The first-order chi connectivity index (χ1) is 35.9. The highest BCUT2D eigenvalue weighted by Gasteiger charge is 2.34. The monoisotopic (exact) mass is 1010 g/mol. The third-order valence-electron chi connectivity index (χ3n) is 16.0. The van der Waals surface area contributed by atoms with Crippen LogP contribution in [0.3, 0.4) is 0 Å². The molecule has 3 aromatic heterocycles. The van der Waals surface area contributed by atoms with E-state index in [0.29, 0.717) is 66.4 Å². The van der Waals surface area contributed by atoms with E-state index in [4.69, 9.17) is 14.8 Å². The van der Waals surface area contributed by atoms with E-state index < -0.39 is 11.9 Å². The van der Waals surface area contributed by atoms with Crippen molar-refractivity contribution >= 4 is 72.8 Å².